The molecular formula is C8H10N2OS2. The topological polar surface area (TPSA) is 56.0 Å². The van der Waals surface area contributed by atoms with Gasteiger partial charge in [0.2, 0.25) is 0 Å². The van der Waals surface area contributed by atoms with Gasteiger partial charge in [-0.25, -0.2) is 4.98 Å². The molecule has 13 heavy (non-hydrogen) atoms. The number of nitrogens with two attached hydrogens (primary N) is 1. The summed E-state index contributed by atoms with van der Waals surface area (Å²) in [6.45, 7) is 0. The van der Waals surface area contributed by atoms with E-state index < -0.39 is 10.8 Å². The van der Waals surface area contributed by atoms with Crippen LogP contribution in [0.2, 0.25) is 0 Å². The summed E-state index contributed by atoms with van der Waals surface area (Å²) in [5, 5.41) is 1.25. The van der Waals surface area contributed by atoms with Crippen molar-refractivity contribution in [1.29, 1.82) is 0 Å². The predicted octanol–water partition coefficient (Wildman–Crippen LogP) is 1.23. The van der Waals surface area contributed by atoms with Crippen LogP contribution in [0, 0.1) is 0 Å². The zero-order chi connectivity index (χ0) is 9.00. The summed E-state index contributed by atoms with van der Waals surface area (Å²) in [5.41, 5.74) is 6.76. The summed E-state index contributed by atoms with van der Waals surface area (Å²) in [4.78, 5) is 5.49. The molecule has 0 amide bonds. The normalized spacial score (nSPS) is 36.2. The quantitative estimate of drug-likeness (QED) is 0.706. The molecule has 2 aliphatic heterocycles. The molecule has 70 valence electrons. The van der Waals surface area contributed by atoms with Crippen LogP contribution in [0.3, 0.4) is 0 Å². The molecule has 3 atom stereocenters. The van der Waals surface area contributed by atoms with Crippen molar-refractivity contribution < 1.29 is 4.21 Å². The third kappa shape index (κ3) is 1.00. The molecule has 3 nitrogen and oxygen atoms in total. The van der Waals surface area contributed by atoms with E-state index in [4.69, 9.17) is 5.73 Å². The molecule has 0 spiro atoms. The summed E-state index contributed by atoms with van der Waals surface area (Å²) in [6, 6.07) is 0. The first-order valence-electron chi connectivity index (χ1n) is 4.40. The van der Waals surface area contributed by atoms with Crippen LogP contribution >= 0.6 is 11.3 Å². The highest BCUT2D eigenvalue weighted by atomic mass is 32.2. The Morgan fingerprint density at radius 3 is 3.23 bits per heavy atom. The third-order valence-corrected chi connectivity index (χ3v) is 6.10. The summed E-state index contributed by atoms with van der Waals surface area (Å²) < 4.78 is 11.8. The number of rotatable bonds is 0. The van der Waals surface area contributed by atoms with Crippen LogP contribution in [0.4, 0.5) is 5.13 Å². The average molecular weight is 214 g/mol. The summed E-state index contributed by atoms with van der Waals surface area (Å²) >= 11 is 1.53. The minimum absolute atomic E-state index is 0.253. The highest BCUT2D eigenvalue weighted by Gasteiger charge is 2.41. The summed E-state index contributed by atoms with van der Waals surface area (Å²) in [7, 11) is -0.652. The zero-order valence-corrected chi connectivity index (χ0v) is 8.66. The van der Waals surface area contributed by atoms with Gasteiger partial charge >= 0.3 is 0 Å². The molecular weight excluding hydrogens is 204 g/mol. The second-order valence-electron chi connectivity index (χ2n) is 3.58. The lowest BCUT2D eigenvalue weighted by molar-refractivity contribution is 0.667. The summed E-state index contributed by atoms with van der Waals surface area (Å²) in [5.74, 6) is 0. The van der Waals surface area contributed by atoms with Crippen molar-refractivity contribution in [3.63, 3.8) is 0 Å². The Hall–Kier alpha value is -0.420. The van der Waals surface area contributed by atoms with E-state index in [1.165, 1.54) is 16.2 Å². The number of nitrogen functional groups attached to an aromatic ring is 1. The highest BCUT2D eigenvalue weighted by Crippen LogP contribution is 2.46. The van der Waals surface area contributed by atoms with Gasteiger partial charge in [-0.15, -0.1) is 11.3 Å². The molecule has 3 unspecified atom stereocenters. The van der Waals surface area contributed by atoms with Gasteiger partial charge in [0.05, 0.1) is 10.9 Å². The van der Waals surface area contributed by atoms with E-state index in [9.17, 15) is 4.21 Å². The third-order valence-electron chi connectivity index (χ3n) is 2.82. The maximum atomic E-state index is 11.8. The van der Waals surface area contributed by atoms with Gasteiger partial charge in [-0.05, 0) is 12.8 Å². The Morgan fingerprint density at radius 1 is 1.54 bits per heavy atom. The van der Waals surface area contributed by atoms with Gasteiger partial charge in [-0.1, -0.05) is 0 Å². The molecule has 3 rings (SSSR count). The number of nitrogens with zero attached hydrogens (tertiary/aromatic N) is 1. The minimum Gasteiger partial charge on any atom is -0.375 e. The maximum absolute atomic E-state index is 11.8. The van der Waals surface area contributed by atoms with Gasteiger partial charge in [0.25, 0.3) is 0 Å². The van der Waals surface area contributed by atoms with E-state index in [2.05, 4.69) is 4.98 Å². The fourth-order valence-electron chi connectivity index (χ4n) is 2.22. The number of hydrogen-bond donors (Lipinski definition) is 1. The molecule has 2 bridgehead atoms. The van der Waals surface area contributed by atoms with Crippen LogP contribution in [-0.4, -0.2) is 14.4 Å². The van der Waals surface area contributed by atoms with Gasteiger partial charge in [-0.3, -0.25) is 4.21 Å². The first-order chi connectivity index (χ1) is 6.25. The van der Waals surface area contributed by atoms with E-state index >= 15 is 0 Å². The molecule has 1 saturated heterocycles. The standard InChI is InChI=1S/C8H10N2OS2/c9-8-10-5-3-4-1-2-6(13(4)11)7(5)12-8/h4,6H,1-3H2,(H2,9,10). The molecule has 0 saturated carbocycles. The second-order valence-corrected chi connectivity index (χ2v) is 6.54. The van der Waals surface area contributed by atoms with E-state index in [1.54, 1.807) is 0 Å². The van der Waals surface area contributed by atoms with Crippen molar-refractivity contribution >= 4 is 27.3 Å². The Kier molecular flexibility index (Phi) is 1.55. The second kappa shape index (κ2) is 2.54. The number of fused-ring (bicyclic) bond motifs is 4. The van der Waals surface area contributed by atoms with Crippen molar-refractivity contribution in [2.45, 2.75) is 29.8 Å². The Labute approximate surface area is 82.8 Å². The molecule has 0 radical (unpaired) electrons. The lowest BCUT2D eigenvalue weighted by Crippen LogP contribution is -2.20. The van der Waals surface area contributed by atoms with Crippen LogP contribution in [0.5, 0.6) is 0 Å². The van der Waals surface area contributed by atoms with Gasteiger partial charge in [0, 0.05) is 27.3 Å². The first kappa shape index (κ1) is 7.94. The smallest absolute Gasteiger partial charge is 0.180 e. The number of anilines is 1. The molecule has 0 aliphatic carbocycles. The number of aromatic nitrogens is 1. The van der Waals surface area contributed by atoms with Gasteiger partial charge < -0.3 is 5.73 Å². The van der Waals surface area contributed by atoms with Gasteiger partial charge in [0.15, 0.2) is 5.13 Å². The Morgan fingerprint density at radius 2 is 2.38 bits per heavy atom. The van der Waals surface area contributed by atoms with Gasteiger partial charge in [0.1, 0.15) is 0 Å². The van der Waals surface area contributed by atoms with Crippen molar-refractivity contribution in [2.75, 3.05) is 5.73 Å². The highest BCUT2D eigenvalue weighted by molar-refractivity contribution is 7.86. The van der Waals surface area contributed by atoms with E-state index in [0.29, 0.717) is 10.4 Å². The van der Waals surface area contributed by atoms with Gasteiger partial charge in [-0.2, -0.15) is 0 Å². The predicted molar refractivity (Wildman–Crippen MR) is 54.1 cm³/mol. The number of thiazole rings is 1. The molecule has 0 aromatic carbocycles. The maximum Gasteiger partial charge on any atom is 0.180 e. The van der Waals surface area contributed by atoms with Crippen LogP contribution in [0.15, 0.2) is 0 Å². The number of hydrogen-bond acceptors (Lipinski definition) is 4. The Bertz CT molecular complexity index is 387. The molecule has 3 heterocycles. The van der Waals surface area contributed by atoms with Crippen molar-refractivity contribution in [3.8, 4) is 0 Å². The minimum atomic E-state index is -0.652. The first-order valence-corrected chi connectivity index (χ1v) is 6.49. The van der Waals surface area contributed by atoms with Crippen LogP contribution < -0.4 is 5.73 Å². The average Bonchev–Trinajstić information content (AvgIpc) is 2.54. The molecule has 1 fully saturated rings. The molecule has 1 aromatic rings. The Balaban J connectivity index is 2.16. The molecule has 1 aromatic heterocycles. The largest absolute Gasteiger partial charge is 0.375 e. The van der Waals surface area contributed by atoms with E-state index in [0.717, 1.165) is 25.0 Å². The van der Waals surface area contributed by atoms with E-state index in [-0.39, 0.29) is 5.25 Å². The monoisotopic (exact) mass is 214 g/mol. The van der Waals surface area contributed by atoms with Crippen molar-refractivity contribution in [2.24, 2.45) is 0 Å². The fraction of sp³-hybridized carbons (Fsp3) is 0.625. The zero-order valence-electron chi connectivity index (χ0n) is 7.03. The van der Waals surface area contributed by atoms with Crippen molar-refractivity contribution in [3.05, 3.63) is 10.6 Å². The molecule has 2 aliphatic rings. The van der Waals surface area contributed by atoms with E-state index in [1.807, 2.05) is 0 Å². The van der Waals surface area contributed by atoms with Crippen molar-refractivity contribution in [1.82, 2.24) is 4.98 Å². The lowest BCUT2D eigenvalue weighted by Gasteiger charge is -2.16. The lowest BCUT2D eigenvalue weighted by atomic mass is 10.2. The van der Waals surface area contributed by atoms with Crippen LogP contribution in [0.1, 0.15) is 28.7 Å². The molecule has 2 N–H and O–H groups in total. The fourth-order valence-corrected chi connectivity index (χ4v) is 5.40. The van der Waals surface area contributed by atoms with Crippen LogP contribution in [-0.2, 0) is 17.2 Å². The SMILES string of the molecule is Nc1nc2c(s1)C1CCC(C2)S1=O. The summed E-state index contributed by atoms with van der Waals surface area (Å²) in [6.07, 6.45) is 3.04. The van der Waals surface area contributed by atoms with Crippen LogP contribution in [0.25, 0.3) is 0 Å². The molecule has 5 heteroatoms.